The summed E-state index contributed by atoms with van der Waals surface area (Å²) in [7, 11) is 1.51. The molecule has 3 rings (SSSR count). The molecule has 0 atom stereocenters. The highest BCUT2D eigenvalue weighted by molar-refractivity contribution is 6.34. The fraction of sp³-hybridized carbons (Fsp3) is 0.333. The molecule has 28 heavy (non-hydrogen) atoms. The van der Waals surface area contributed by atoms with Gasteiger partial charge in [0.15, 0.2) is 0 Å². The predicted molar refractivity (Wildman–Crippen MR) is 108 cm³/mol. The molecule has 0 spiro atoms. The lowest BCUT2D eigenvalue weighted by Crippen LogP contribution is -2.49. The topological polar surface area (TPSA) is 70.2 Å². The molecule has 0 radical (unpaired) electrons. The molecule has 0 aromatic heterocycles. The SMILES string of the molecule is CNC(=O)c1cc(NC(=O)NC2(c3ccccc3F)CCCCC2)ccc1Cl. The second kappa shape index (κ2) is 8.61. The number of amides is 3. The van der Waals surface area contributed by atoms with E-state index in [9.17, 15) is 14.0 Å². The van der Waals surface area contributed by atoms with Crippen molar-refractivity contribution in [3.63, 3.8) is 0 Å². The summed E-state index contributed by atoms with van der Waals surface area (Å²) < 4.78 is 14.5. The zero-order valence-corrected chi connectivity index (χ0v) is 16.4. The van der Waals surface area contributed by atoms with Gasteiger partial charge in [-0.2, -0.15) is 0 Å². The van der Waals surface area contributed by atoms with Crippen molar-refractivity contribution in [2.45, 2.75) is 37.6 Å². The number of carbonyl (C=O) groups is 2. The van der Waals surface area contributed by atoms with E-state index in [-0.39, 0.29) is 17.3 Å². The van der Waals surface area contributed by atoms with Gasteiger partial charge in [0.1, 0.15) is 5.82 Å². The molecular formula is C21H23ClFN3O2. The third kappa shape index (κ3) is 4.28. The molecule has 1 aliphatic rings. The molecule has 3 amide bonds. The lowest BCUT2D eigenvalue weighted by atomic mass is 9.76. The van der Waals surface area contributed by atoms with E-state index >= 15 is 0 Å². The highest BCUT2D eigenvalue weighted by atomic mass is 35.5. The second-order valence-electron chi connectivity index (χ2n) is 6.98. The third-order valence-electron chi connectivity index (χ3n) is 5.15. The van der Waals surface area contributed by atoms with Gasteiger partial charge in [0.25, 0.3) is 5.91 Å². The molecule has 0 aliphatic heterocycles. The van der Waals surface area contributed by atoms with Crippen LogP contribution in [-0.4, -0.2) is 19.0 Å². The van der Waals surface area contributed by atoms with Crippen molar-refractivity contribution in [1.82, 2.24) is 10.6 Å². The summed E-state index contributed by atoms with van der Waals surface area (Å²) in [6.45, 7) is 0. The largest absolute Gasteiger partial charge is 0.355 e. The van der Waals surface area contributed by atoms with Crippen LogP contribution < -0.4 is 16.0 Å². The number of hydrogen-bond donors (Lipinski definition) is 3. The van der Waals surface area contributed by atoms with Crippen molar-refractivity contribution in [2.24, 2.45) is 0 Å². The molecule has 1 fully saturated rings. The van der Waals surface area contributed by atoms with Gasteiger partial charge in [0.2, 0.25) is 0 Å². The summed E-state index contributed by atoms with van der Waals surface area (Å²) in [5.74, 6) is -0.665. The Hall–Kier alpha value is -2.60. The van der Waals surface area contributed by atoms with E-state index in [2.05, 4.69) is 16.0 Å². The highest BCUT2D eigenvalue weighted by Crippen LogP contribution is 2.38. The second-order valence-corrected chi connectivity index (χ2v) is 7.38. The molecule has 0 unspecified atom stereocenters. The fourth-order valence-corrected chi connectivity index (χ4v) is 3.96. The van der Waals surface area contributed by atoms with Crippen molar-refractivity contribution < 1.29 is 14.0 Å². The van der Waals surface area contributed by atoms with Crippen molar-refractivity contribution in [2.75, 3.05) is 12.4 Å². The van der Waals surface area contributed by atoms with E-state index in [1.165, 1.54) is 19.2 Å². The van der Waals surface area contributed by atoms with Gasteiger partial charge < -0.3 is 16.0 Å². The van der Waals surface area contributed by atoms with Gasteiger partial charge in [0.05, 0.1) is 16.1 Å². The summed E-state index contributed by atoms with van der Waals surface area (Å²) in [6.07, 6.45) is 4.23. The van der Waals surface area contributed by atoms with Gasteiger partial charge in [-0.15, -0.1) is 0 Å². The maximum Gasteiger partial charge on any atom is 0.319 e. The molecule has 148 valence electrons. The molecule has 0 heterocycles. The first-order chi connectivity index (χ1) is 13.4. The van der Waals surface area contributed by atoms with E-state index < -0.39 is 11.6 Å². The van der Waals surface area contributed by atoms with Crippen LogP contribution in [0.15, 0.2) is 42.5 Å². The van der Waals surface area contributed by atoms with Gasteiger partial charge >= 0.3 is 6.03 Å². The highest BCUT2D eigenvalue weighted by Gasteiger charge is 2.37. The van der Waals surface area contributed by atoms with E-state index in [1.54, 1.807) is 30.3 Å². The molecule has 3 N–H and O–H groups in total. The molecule has 7 heteroatoms. The smallest absolute Gasteiger partial charge is 0.319 e. The molecule has 0 bridgehead atoms. The van der Waals surface area contributed by atoms with Gasteiger partial charge in [-0.1, -0.05) is 49.1 Å². The first-order valence-electron chi connectivity index (χ1n) is 9.31. The lowest BCUT2D eigenvalue weighted by molar-refractivity contribution is 0.0963. The van der Waals surface area contributed by atoms with E-state index in [4.69, 9.17) is 11.6 Å². The van der Waals surface area contributed by atoms with E-state index in [1.807, 2.05) is 0 Å². The van der Waals surface area contributed by atoms with Crippen LogP contribution in [0, 0.1) is 5.82 Å². The van der Waals surface area contributed by atoms with E-state index in [0.29, 0.717) is 29.1 Å². The standard InChI is InChI=1S/C21H23ClFN3O2/c1-24-19(27)15-13-14(9-10-17(15)22)25-20(28)26-21(11-5-2-6-12-21)16-7-3-4-8-18(16)23/h3-4,7-10,13H,2,5-6,11-12H2,1H3,(H,24,27)(H2,25,26,28). The van der Waals surface area contributed by atoms with Crippen LogP contribution in [0.2, 0.25) is 5.02 Å². The molecule has 2 aromatic carbocycles. The molecular weight excluding hydrogens is 381 g/mol. The van der Waals surface area contributed by atoms with Crippen molar-refractivity contribution in [1.29, 1.82) is 0 Å². The number of hydrogen-bond acceptors (Lipinski definition) is 2. The van der Waals surface area contributed by atoms with Gasteiger partial charge in [-0.3, -0.25) is 4.79 Å². The van der Waals surface area contributed by atoms with Gasteiger partial charge in [0, 0.05) is 18.3 Å². The number of carbonyl (C=O) groups excluding carboxylic acids is 2. The first kappa shape index (κ1) is 20.1. The molecule has 1 aliphatic carbocycles. The normalized spacial score (nSPS) is 15.5. The van der Waals surface area contributed by atoms with Gasteiger partial charge in [-0.25, -0.2) is 9.18 Å². The molecule has 5 nitrogen and oxygen atoms in total. The average molecular weight is 404 g/mol. The number of nitrogens with one attached hydrogen (secondary N) is 3. The summed E-state index contributed by atoms with van der Waals surface area (Å²) in [5.41, 5.74) is 0.458. The number of halogens is 2. The zero-order valence-electron chi connectivity index (χ0n) is 15.6. The Morgan fingerprint density at radius 2 is 1.79 bits per heavy atom. The third-order valence-corrected chi connectivity index (χ3v) is 5.47. The molecule has 1 saturated carbocycles. The first-order valence-corrected chi connectivity index (χ1v) is 9.69. The van der Waals surface area contributed by atoms with Gasteiger partial charge in [-0.05, 0) is 37.1 Å². The number of benzene rings is 2. The van der Waals surface area contributed by atoms with Crippen LogP contribution in [-0.2, 0) is 5.54 Å². The number of rotatable bonds is 4. The molecule has 2 aromatic rings. The van der Waals surface area contributed by atoms with Crippen molar-refractivity contribution in [3.8, 4) is 0 Å². The van der Waals surface area contributed by atoms with E-state index in [0.717, 1.165) is 19.3 Å². The van der Waals surface area contributed by atoms with Crippen LogP contribution in [0.3, 0.4) is 0 Å². The molecule has 0 saturated heterocycles. The summed E-state index contributed by atoms with van der Waals surface area (Å²) >= 11 is 6.05. The van der Waals surface area contributed by atoms with Crippen LogP contribution in [0.1, 0.15) is 48.0 Å². The van der Waals surface area contributed by atoms with Crippen molar-refractivity contribution in [3.05, 3.63) is 64.4 Å². The Morgan fingerprint density at radius 3 is 2.46 bits per heavy atom. The zero-order chi connectivity index (χ0) is 20.1. The van der Waals surface area contributed by atoms with Crippen molar-refractivity contribution >= 4 is 29.2 Å². The Bertz CT molecular complexity index is 882. The maximum atomic E-state index is 14.5. The maximum absolute atomic E-state index is 14.5. The van der Waals surface area contributed by atoms with Crippen LogP contribution in [0.25, 0.3) is 0 Å². The van der Waals surface area contributed by atoms with Crippen LogP contribution >= 0.6 is 11.6 Å². The quantitative estimate of drug-likeness (QED) is 0.684. The summed E-state index contributed by atoms with van der Waals surface area (Å²) in [5, 5.41) is 8.53. The number of anilines is 1. The number of urea groups is 1. The average Bonchev–Trinajstić information content (AvgIpc) is 2.69. The van der Waals surface area contributed by atoms with Crippen LogP contribution in [0.4, 0.5) is 14.9 Å². The van der Waals surface area contributed by atoms with Crippen LogP contribution in [0.5, 0.6) is 0 Å². The monoisotopic (exact) mass is 403 g/mol. The summed E-state index contributed by atoms with van der Waals surface area (Å²) in [4.78, 5) is 24.6. The Balaban J connectivity index is 1.82. The Kier molecular flexibility index (Phi) is 6.19. The minimum Gasteiger partial charge on any atom is -0.355 e. The predicted octanol–water partition coefficient (Wildman–Crippen LogP) is 4.82. The Labute approximate surface area is 168 Å². The minimum absolute atomic E-state index is 0.267. The fourth-order valence-electron chi connectivity index (χ4n) is 3.76. The minimum atomic E-state index is -0.746. The Morgan fingerprint density at radius 1 is 1.07 bits per heavy atom. The summed E-state index contributed by atoms with van der Waals surface area (Å²) in [6, 6.07) is 10.8. The lowest BCUT2D eigenvalue weighted by Gasteiger charge is -2.38.